The number of carbonyl (C=O) groups is 1. The van der Waals surface area contributed by atoms with E-state index in [9.17, 15) is 9.90 Å². The third-order valence-corrected chi connectivity index (χ3v) is 3.32. The zero-order valence-corrected chi connectivity index (χ0v) is 12.8. The van der Waals surface area contributed by atoms with E-state index in [4.69, 9.17) is 4.42 Å². The van der Waals surface area contributed by atoms with Crippen molar-refractivity contribution in [1.82, 2.24) is 15.6 Å². The summed E-state index contributed by atoms with van der Waals surface area (Å²) in [6.45, 7) is 4.09. The van der Waals surface area contributed by atoms with Crippen LogP contribution in [-0.4, -0.2) is 29.2 Å². The Labute approximate surface area is 129 Å². The molecule has 0 spiro atoms. The first-order chi connectivity index (χ1) is 10.5. The van der Waals surface area contributed by atoms with Crippen LogP contribution >= 0.6 is 0 Å². The first kappa shape index (κ1) is 16.0. The highest BCUT2D eigenvalue weighted by Gasteiger charge is 2.26. The Morgan fingerprint density at radius 2 is 2.18 bits per heavy atom. The van der Waals surface area contributed by atoms with Crippen molar-refractivity contribution in [1.29, 1.82) is 0 Å². The maximum Gasteiger partial charge on any atom is 0.314 e. The Bertz CT molecular complexity index is 592. The SMILES string of the molecule is Cc1ccc(CCNC(=O)NCC(C)(O)c2ccco2)cn1. The third-order valence-electron chi connectivity index (χ3n) is 3.32. The molecule has 1 unspecified atom stereocenters. The van der Waals surface area contributed by atoms with Crippen LogP contribution in [0.2, 0.25) is 0 Å². The summed E-state index contributed by atoms with van der Waals surface area (Å²) in [6.07, 6.45) is 3.99. The fourth-order valence-electron chi connectivity index (χ4n) is 1.95. The Balaban J connectivity index is 1.71. The molecule has 22 heavy (non-hydrogen) atoms. The fraction of sp³-hybridized carbons (Fsp3) is 0.375. The molecule has 2 rings (SSSR count). The van der Waals surface area contributed by atoms with E-state index in [1.807, 2.05) is 19.1 Å². The second-order valence-corrected chi connectivity index (χ2v) is 5.42. The molecule has 0 saturated heterocycles. The predicted octanol–water partition coefficient (Wildman–Crippen LogP) is 1.73. The molecule has 0 saturated carbocycles. The van der Waals surface area contributed by atoms with Crippen LogP contribution in [-0.2, 0) is 12.0 Å². The number of aryl methyl sites for hydroxylation is 1. The molecule has 6 heteroatoms. The van der Waals surface area contributed by atoms with Crippen LogP contribution in [0, 0.1) is 6.92 Å². The average molecular weight is 303 g/mol. The average Bonchev–Trinajstić information content (AvgIpc) is 3.02. The number of aromatic nitrogens is 1. The van der Waals surface area contributed by atoms with Gasteiger partial charge in [-0.25, -0.2) is 4.79 Å². The lowest BCUT2D eigenvalue weighted by molar-refractivity contribution is 0.0367. The summed E-state index contributed by atoms with van der Waals surface area (Å²) in [6, 6.07) is 6.97. The van der Waals surface area contributed by atoms with Crippen molar-refractivity contribution in [3.63, 3.8) is 0 Å². The zero-order chi connectivity index (χ0) is 16.0. The number of carbonyl (C=O) groups excluding carboxylic acids is 1. The van der Waals surface area contributed by atoms with Crippen LogP contribution < -0.4 is 10.6 Å². The van der Waals surface area contributed by atoms with Crippen LogP contribution in [0.5, 0.6) is 0 Å². The second kappa shape index (κ2) is 7.09. The summed E-state index contributed by atoms with van der Waals surface area (Å²) in [7, 11) is 0. The van der Waals surface area contributed by atoms with Gasteiger partial charge in [-0.15, -0.1) is 0 Å². The molecule has 2 aromatic heterocycles. The van der Waals surface area contributed by atoms with Crippen molar-refractivity contribution >= 4 is 6.03 Å². The van der Waals surface area contributed by atoms with Gasteiger partial charge in [0.2, 0.25) is 0 Å². The van der Waals surface area contributed by atoms with Gasteiger partial charge in [-0.2, -0.15) is 0 Å². The first-order valence-corrected chi connectivity index (χ1v) is 7.17. The molecule has 2 heterocycles. The molecule has 2 amide bonds. The fourth-order valence-corrected chi connectivity index (χ4v) is 1.95. The van der Waals surface area contributed by atoms with E-state index in [1.165, 1.54) is 6.26 Å². The van der Waals surface area contributed by atoms with Gasteiger partial charge in [0.25, 0.3) is 0 Å². The van der Waals surface area contributed by atoms with Gasteiger partial charge in [-0.3, -0.25) is 4.98 Å². The number of hydrogen-bond acceptors (Lipinski definition) is 4. The topological polar surface area (TPSA) is 87.4 Å². The second-order valence-electron chi connectivity index (χ2n) is 5.42. The third kappa shape index (κ3) is 4.60. The highest BCUT2D eigenvalue weighted by molar-refractivity contribution is 5.73. The summed E-state index contributed by atoms with van der Waals surface area (Å²) in [4.78, 5) is 15.9. The van der Waals surface area contributed by atoms with E-state index < -0.39 is 5.60 Å². The highest BCUT2D eigenvalue weighted by atomic mass is 16.4. The molecule has 0 radical (unpaired) electrons. The Hall–Kier alpha value is -2.34. The molecule has 118 valence electrons. The van der Waals surface area contributed by atoms with Crippen molar-refractivity contribution in [3.8, 4) is 0 Å². The van der Waals surface area contributed by atoms with E-state index in [0.29, 0.717) is 18.7 Å². The summed E-state index contributed by atoms with van der Waals surface area (Å²) in [5.41, 5.74) is 0.796. The minimum absolute atomic E-state index is 0.0679. The Morgan fingerprint density at radius 1 is 1.36 bits per heavy atom. The van der Waals surface area contributed by atoms with Crippen LogP contribution in [0.15, 0.2) is 41.1 Å². The molecular weight excluding hydrogens is 282 g/mol. The Morgan fingerprint density at radius 3 is 2.82 bits per heavy atom. The van der Waals surface area contributed by atoms with Gasteiger partial charge >= 0.3 is 6.03 Å². The van der Waals surface area contributed by atoms with Gasteiger partial charge in [0.15, 0.2) is 0 Å². The molecule has 0 bridgehead atoms. The number of nitrogens with one attached hydrogen (secondary N) is 2. The van der Waals surface area contributed by atoms with Gasteiger partial charge in [0, 0.05) is 18.4 Å². The Kier molecular flexibility index (Phi) is 5.16. The number of amides is 2. The minimum atomic E-state index is -1.23. The lowest BCUT2D eigenvalue weighted by Gasteiger charge is -2.21. The number of aliphatic hydroxyl groups is 1. The molecule has 0 fully saturated rings. The van der Waals surface area contributed by atoms with Crippen molar-refractivity contribution < 1.29 is 14.3 Å². The standard InChI is InChI=1S/C16H21N3O3/c1-12-5-6-13(10-18-12)7-8-17-15(20)19-11-16(2,21)14-4-3-9-22-14/h3-6,9-10,21H,7-8,11H2,1-2H3,(H2,17,19,20). The number of hydrogen-bond donors (Lipinski definition) is 3. The van der Waals surface area contributed by atoms with Crippen molar-refractivity contribution in [2.24, 2.45) is 0 Å². The lowest BCUT2D eigenvalue weighted by Crippen LogP contribution is -2.43. The number of furan rings is 1. The predicted molar refractivity (Wildman–Crippen MR) is 82.4 cm³/mol. The van der Waals surface area contributed by atoms with Crippen LogP contribution in [0.4, 0.5) is 4.79 Å². The quantitative estimate of drug-likeness (QED) is 0.758. The molecule has 0 aromatic carbocycles. The number of pyridine rings is 1. The monoisotopic (exact) mass is 303 g/mol. The smallest absolute Gasteiger partial charge is 0.314 e. The molecule has 0 aliphatic rings. The summed E-state index contributed by atoms with van der Waals surface area (Å²) >= 11 is 0. The van der Waals surface area contributed by atoms with Gasteiger partial charge in [-0.05, 0) is 44.0 Å². The highest BCUT2D eigenvalue weighted by Crippen LogP contribution is 2.19. The van der Waals surface area contributed by atoms with Crippen LogP contribution in [0.25, 0.3) is 0 Å². The molecular formula is C16H21N3O3. The molecule has 2 aromatic rings. The number of rotatable bonds is 6. The molecule has 0 aliphatic heterocycles. The van der Waals surface area contributed by atoms with Crippen molar-refractivity contribution in [2.75, 3.05) is 13.1 Å². The van der Waals surface area contributed by atoms with E-state index in [2.05, 4.69) is 15.6 Å². The first-order valence-electron chi connectivity index (χ1n) is 7.17. The van der Waals surface area contributed by atoms with Crippen LogP contribution in [0.1, 0.15) is 23.9 Å². The van der Waals surface area contributed by atoms with Crippen LogP contribution in [0.3, 0.4) is 0 Å². The summed E-state index contributed by atoms with van der Waals surface area (Å²) in [5.74, 6) is 0.415. The van der Waals surface area contributed by atoms with Gasteiger partial charge in [0.1, 0.15) is 11.4 Å². The number of urea groups is 1. The van der Waals surface area contributed by atoms with Gasteiger partial charge in [0.05, 0.1) is 12.8 Å². The van der Waals surface area contributed by atoms with E-state index >= 15 is 0 Å². The van der Waals surface area contributed by atoms with Gasteiger partial charge in [-0.1, -0.05) is 6.07 Å². The molecule has 6 nitrogen and oxygen atoms in total. The largest absolute Gasteiger partial charge is 0.466 e. The van der Waals surface area contributed by atoms with Crippen molar-refractivity contribution in [2.45, 2.75) is 25.9 Å². The summed E-state index contributed by atoms with van der Waals surface area (Å²) in [5, 5.41) is 15.6. The van der Waals surface area contributed by atoms with Crippen molar-refractivity contribution in [3.05, 3.63) is 53.7 Å². The van der Waals surface area contributed by atoms with E-state index in [0.717, 1.165) is 11.3 Å². The maximum absolute atomic E-state index is 11.7. The summed E-state index contributed by atoms with van der Waals surface area (Å²) < 4.78 is 5.15. The molecule has 0 aliphatic carbocycles. The number of nitrogens with zero attached hydrogens (tertiary/aromatic N) is 1. The maximum atomic E-state index is 11.7. The molecule has 1 atom stereocenters. The lowest BCUT2D eigenvalue weighted by atomic mass is 10.0. The van der Waals surface area contributed by atoms with Gasteiger partial charge < -0.3 is 20.2 Å². The normalized spacial score (nSPS) is 13.4. The van der Waals surface area contributed by atoms with E-state index in [1.54, 1.807) is 25.3 Å². The van der Waals surface area contributed by atoms with E-state index in [-0.39, 0.29) is 12.6 Å². The molecule has 3 N–H and O–H groups in total. The zero-order valence-electron chi connectivity index (χ0n) is 12.8. The minimum Gasteiger partial charge on any atom is -0.466 e.